The minimum atomic E-state index is 0.0725. The van der Waals surface area contributed by atoms with E-state index in [1.54, 1.807) is 0 Å². The molecule has 0 spiro atoms. The first-order chi connectivity index (χ1) is 8.40. The predicted molar refractivity (Wildman–Crippen MR) is 77.7 cm³/mol. The molecule has 0 radical (unpaired) electrons. The summed E-state index contributed by atoms with van der Waals surface area (Å²) in [4.78, 5) is 0. The molecule has 0 amide bonds. The van der Waals surface area contributed by atoms with Crippen LogP contribution in [0.4, 0.5) is 0 Å². The quantitative estimate of drug-likeness (QED) is 0.753. The Balaban J connectivity index is 2.77. The molecule has 1 aromatic rings. The molecule has 102 valence electrons. The Labute approximate surface area is 111 Å². The fraction of sp³-hybridized carbons (Fsp3) is 0.667. The molecule has 0 bridgehead atoms. The Morgan fingerprint density at radius 1 is 1.56 bits per heavy atom. The molecule has 3 heteroatoms. The number of nitrogens with zero attached hydrogens (tertiary/aromatic N) is 2. The van der Waals surface area contributed by atoms with Gasteiger partial charge in [0.15, 0.2) is 0 Å². The summed E-state index contributed by atoms with van der Waals surface area (Å²) in [7, 11) is 2.02. The highest BCUT2D eigenvalue weighted by atomic mass is 15.3. The Morgan fingerprint density at radius 2 is 2.22 bits per heavy atom. The van der Waals surface area contributed by atoms with Crippen molar-refractivity contribution in [3.63, 3.8) is 0 Å². The SMILES string of the molecule is C=CC(C)(CNC(C)C)Cc1cc(CC)nn1C. The van der Waals surface area contributed by atoms with Crippen LogP contribution in [-0.4, -0.2) is 22.4 Å². The van der Waals surface area contributed by atoms with Crippen molar-refractivity contribution in [1.82, 2.24) is 15.1 Å². The maximum atomic E-state index is 4.50. The number of aromatic nitrogens is 2. The topological polar surface area (TPSA) is 29.9 Å². The monoisotopic (exact) mass is 249 g/mol. The van der Waals surface area contributed by atoms with Gasteiger partial charge >= 0.3 is 0 Å². The lowest BCUT2D eigenvalue weighted by atomic mass is 9.85. The van der Waals surface area contributed by atoms with Crippen LogP contribution >= 0.6 is 0 Å². The molecule has 0 aromatic carbocycles. The summed E-state index contributed by atoms with van der Waals surface area (Å²) in [5.41, 5.74) is 2.51. The lowest BCUT2D eigenvalue weighted by Gasteiger charge is -2.27. The van der Waals surface area contributed by atoms with Crippen LogP contribution < -0.4 is 5.32 Å². The molecule has 0 fully saturated rings. The van der Waals surface area contributed by atoms with Crippen LogP contribution in [0, 0.1) is 5.41 Å². The molecule has 1 rings (SSSR count). The number of hydrogen-bond donors (Lipinski definition) is 1. The number of aryl methyl sites for hydroxylation is 2. The molecule has 1 atom stereocenters. The summed E-state index contributed by atoms with van der Waals surface area (Å²) in [5.74, 6) is 0. The highest BCUT2D eigenvalue weighted by Crippen LogP contribution is 2.23. The van der Waals surface area contributed by atoms with E-state index in [0.717, 1.165) is 25.1 Å². The zero-order valence-corrected chi connectivity index (χ0v) is 12.5. The van der Waals surface area contributed by atoms with E-state index in [-0.39, 0.29) is 5.41 Å². The third-order valence-corrected chi connectivity index (χ3v) is 3.38. The van der Waals surface area contributed by atoms with Crippen molar-refractivity contribution in [1.29, 1.82) is 0 Å². The van der Waals surface area contributed by atoms with Gasteiger partial charge in [-0.2, -0.15) is 5.10 Å². The minimum absolute atomic E-state index is 0.0725. The van der Waals surface area contributed by atoms with Crippen molar-refractivity contribution < 1.29 is 0 Å². The maximum absolute atomic E-state index is 4.50. The van der Waals surface area contributed by atoms with Crippen LogP contribution in [-0.2, 0) is 19.9 Å². The Kier molecular flexibility index (Phi) is 5.15. The van der Waals surface area contributed by atoms with E-state index in [1.807, 2.05) is 11.7 Å². The lowest BCUT2D eigenvalue weighted by Crippen LogP contribution is -2.36. The van der Waals surface area contributed by atoms with Crippen molar-refractivity contribution in [2.75, 3.05) is 6.54 Å². The highest BCUT2D eigenvalue weighted by Gasteiger charge is 2.23. The number of rotatable bonds is 7. The van der Waals surface area contributed by atoms with Crippen LogP contribution in [0.15, 0.2) is 18.7 Å². The second-order valence-corrected chi connectivity index (χ2v) is 5.67. The van der Waals surface area contributed by atoms with Crippen LogP contribution in [0.3, 0.4) is 0 Å². The van der Waals surface area contributed by atoms with Crippen molar-refractivity contribution in [2.45, 2.75) is 46.6 Å². The number of nitrogens with one attached hydrogen (secondary N) is 1. The van der Waals surface area contributed by atoms with E-state index < -0.39 is 0 Å². The molecule has 18 heavy (non-hydrogen) atoms. The van der Waals surface area contributed by atoms with Crippen LogP contribution in [0.25, 0.3) is 0 Å². The molecule has 3 nitrogen and oxygen atoms in total. The van der Waals surface area contributed by atoms with Gasteiger partial charge in [0, 0.05) is 30.7 Å². The zero-order chi connectivity index (χ0) is 13.8. The summed E-state index contributed by atoms with van der Waals surface area (Å²) < 4.78 is 2.00. The molecular formula is C15H27N3. The van der Waals surface area contributed by atoms with Crippen LogP contribution in [0.2, 0.25) is 0 Å². The van der Waals surface area contributed by atoms with Gasteiger partial charge in [-0.3, -0.25) is 4.68 Å². The van der Waals surface area contributed by atoms with Gasteiger partial charge in [-0.15, -0.1) is 6.58 Å². The van der Waals surface area contributed by atoms with E-state index >= 15 is 0 Å². The average Bonchev–Trinajstić information content (AvgIpc) is 2.67. The molecule has 0 saturated carbocycles. The summed E-state index contributed by atoms with van der Waals surface area (Å²) >= 11 is 0. The van der Waals surface area contributed by atoms with Gasteiger partial charge < -0.3 is 5.32 Å². The van der Waals surface area contributed by atoms with Crippen molar-refractivity contribution >= 4 is 0 Å². The normalized spacial score (nSPS) is 14.8. The zero-order valence-electron chi connectivity index (χ0n) is 12.5. The first kappa shape index (κ1) is 15.0. The third kappa shape index (κ3) is 3.98. The van der Waals surface area contributed by atoms with E-state index in [9.17, 15) is 0 Å². The molecule has 1 unspecified atom stereocenters. The maximum Gasteiger partial charge on any atom is 0.0624 e. The first-order valence-corrected chi connectivity index (χ1v) is 6.79. The fourth-order valence-corrected chi connectivity index (χ4v) is 1.97. The Bertz CT molecular complexity index is 392. The Morgan fingerprint density at radius 3 is 2.67 bits per heavy atom. The van der Waals surface area contributed by atoms with Crippen molar-refractivity contribution in [3.05, 3.63) is 30.1 Å². The van der Waals surface area contributed by atoms with E-state index in [2.05, 4.69) is 56.8 Å². The highest BCUT2D eigenvalue weighted by molar-refractivity contribution is 5.14. The van der Waals surface area contributed by atoms with Gasteiger partial charge in [0.2, 0.25) is 0 Å². The average molecular weight is 249 g/mol. The molecule has 0 aliphatic carbocycles. The third-order valence-electron chi connectivity index (χ3n) is 3.38. The molecule has 0 aliphatic rings. The summed E-state index contributed by atoms with van der Waals surface area (Å²) in [6.07, 6.45) is 4.02. The Hall–Kier alpha value is -1.09. The molecular weight excluding hydrogens is 222 g/mol. The van der Waals surface area contributed by atoms with Gasteiger partial charge in [0.25, 0.3) is 0 Å². The molecule has 0 aliphatic heterocycles. The van der Waals surface area contributed by atoms with Crippen molar-refractivity contribution in [2.24, 2.45) is 12.5 Å². The van der Waals surface area contributed by atoms with E-state index in [0.29, 0.717) is 6.04 Å². The van der Waals surface area contributed by atoms with Gasteiger partial charge in [0.05, 0.1) is 5.69 Å². The van der Waals surface area contributed by atoms with E-state index in [4.69, 9.17) is 0 Å². The van der Waals surface area contributed by atoms with Crippen LogP contribution in [0.1, 0.15) is 39.1 Å². The van der Waals surface area contributed by atoms with Gasteiger partial charge in [-0.1, -0.05) is 33.8 Å². The predicted octanol–water partition coefficient (Wildman–Crippen LogP) is 2.72. The second-order valence-electron chi connectivity index (χ2n) is 5.67. The van der Waals surface area contributed by atoms with Gasteiger partial charge in [-0.05, 0) is 18.9 Å². The lowest BCUT2D eigenvalue weighted by molar-refractivity contribution is 0.365. The molecule has 1 aromatic heterocycles. The van der Waals surface area contributed by atoms with Crippen molar-refractivity contribution in [3.8, 4) is 0 Å². The van der Waals surface area contributed by atoms with Gasteiger partial charge in [-0.25, -0.2) is 0 Å². The standard InChI is InChI=1S/C15H27N3/c1-7-13-9-14(18(6)17-13)10-15(5,8-2)11-16-12(3)4/h8-9,12,16H,2,7,10-11H2,1,3-6H3. The molecule has 1 N–H and O–H groups in total. The largest absolute Gasteiger partial charge is 0.314 e. The minimum Gasteiger partial charge on any atom is -0.314 e. The van der Waals surface area contributed by atoms with E-state index in [1.165, 1.54) is 5.69 Å². The number of hydrogen-bond acceptors (Lipinski definition) is 2. The second kappa shape index (κ2) is 6.19. The smallest absolute Gasteiger partial charge is 0.0624 e. The molecule has 0 saturated heterocycles. The summed E-state index contributed by atoms with van der Waals surface area (Å²) in [6.45, 7) is 13.7. The summed E-state index contributed by atoms with van der Waals surface area (Å²) in [6, 6.07) is 2.71. The van der Waals surface area contributed by atoms with Crippen LogP contribution in [0.5, 0.6) is 0 Å². The fourth-order valence-electron chi connectivity index (χ4n) is 1.97. The molecule has 1 heterocycles. The van der Waals surface area contributed by atoms with Gasteiger partial charge in [0.1, 0.15) is 0 Å². The first-order valence-electron chi connectivity index (χ1n) is 6.79. The summed E-state index contributed by atoms with van der Waals surface area (Å²) in [5, 5.41) is 8.00.